The summed E-state index contributed by atoms with van der Waals surface area (Å²) >= 11 is 0. The zero-order valence-corrected chi connectivity index (χ0v) is 14.0. The number of rotatable bonds is 9. The summed E-state index contributed by atoms with van der Waals surface area (Å²) in [4.78, 5) is 28.4. The minimum absolute atomic E-state index is 0.164. The highest BCUT2D eigenvalue weighted by Gasteiger charge is 2.26. The Morgan fingerprint density at radius 3 is 2.71 bits per heavy atom. The van der Waals surface area contributed by atoms with Crippen LogP contribution in [0.25, 0.3) is 0 Å². The van der Waals surface area contributed by atoms with E-state index >= 15 is 0 Å². The van der Waals surface area contributed by atoms with E-state index in [2.05, 4.69) is 15.2 Å². The molecule has 130 valence electrons. The summed E-state index contributed by atoms with van der Waals surface area (Å²) < 4.78 is 4.59. The van der Waals surface area contributed by atoms with Crippen LogP contribution in [0, 0.1) is 0 Å². The number of methoxy groups -OCH3 is 1. The molecule has 1 aromatic rings. The smallest absolute Gasteiger partial charge is 0.305 e. The van der Waals surface area contributed by atoms with Crippen molar-refractivity contribution in [1.82, 2.24) is 5.32 Å². The van der Waals surface area contributed by atoms with Gasteiger partial charge in [0.05, 0.1) is 7.11 Å². The number of hydrogen-bond donors (Lipinski definition) is 1. The first-order valence-corrected chi connectivity index (χ1v) is 8.33. The summed E-state index contributed by atoms with van der Waals surface area (Å²) in [7, 11) is 1.40. The Balaban J connectivity index is 1.58. The van der Waals surface area contributed by atoms with Crippen molar-refractivity contribution in [2.45, 2.75) is 44.6 Å². The van der Waals surface area contributed by atoms with Crippen LogP contribution in [0.15, 0.2) is 35.5 Å². The van der Waals surface area contributed by atoms with E-state index < -0.39 is 0 Å². The molecule has 6 heteroatoms. The molecule has 0 bridgehead atoms. The Morgan fingerprint density at radius 1 is 1.21 bits per heavy atom. The molecule has 1 amide bonds. The minimum Gasteiger partial charge on any atom is -0.469 e. The number of carbonyl (C=O) groups excluding carboxylic acids is 2. The SMILES string of the molecule is COC(=O)CCCCCCNC(=O)C1=NO[C@@H](c2ccccc2)C1. The predicted molar refractivity (Wildman–Crippen MR) is 90.4 cm³/mol. The first-order valence-electron chi connectivity index (χ1n) is 8.33. The van der Waals surface area contributed by atoms with Crippen LogP contribution >= 0.6 is 0 Å². The van der Waals surface area contributed by atoms with Crippen LogP contribution in [0.1, 0.15) is 50.2 Å². The number of ether oxygens (including phenoxy) is 1. The first kappa shape index (κ1) is 18.0. The average molecular weight is 332 g/mol. The maximum absolute atomic E-state index is 12.1. The summed E-state index contributed by atoms with van der Waals surface area (Å²) in [5, 5.41) is 6.77. The van der Waals surface area contributed by atoms with Crippen LogP contribution < -0.4 is 5.32 Å². The monoisotopic (exact) mass is 332 g/mol. The molecule has 1 aliphatic heterocycles. The number of benzene rings is 1. The quantitative estimate of drug-likeness (QED) is 0.557. The molecule has 1 N–H and O–H groups in total. The van der Waals surface area contributed by atoms with Gasteiger partial charge in [0.25, 0.3) is 5.91 Å². The van der Waals surface area contributed by atoms with Gasteiger partial charge in [-0.1, -0.05) is 48.3 Å². The zero-order chi connectivity index (χ0) is 17.2. The number of esters is 1. The highest BCUT2D eigenvalue weighted by atomic mass is 16.6. The van der Waals surface area contributed by atoms with E-state index in [0.717, 1.165) is 31.2 Å². The Labute approximate surface area is 142 Å². The number of amides is 1. The average Bonchev–Trinajstić information content (AvgIpc) is 3.11. The molecule has 0 spiro atoms. The van der Waals surface area contributed by atoms with Gasteiger partial charge in [-0.2, -0.15) is 0 Å². The van der Waals surface area contributed by atoms with E-state index in [-0.39, 0.29) is 18.0 Å². The van der Waals surface area contributed by atoms with Gasteiger partial charge in [-0.25, -0.2) is 0 Å². The summed E-state index contributed by atoms with van der Waals surface area (Å²) in [5.41, 5.74) is 1.46. The van der Waals surface area contributed by atoms with Gasteiger partial charge in [-0.15, -0.1) is 0 Å². The number of unbranched alkanes of at least 4 members (excludes halogenated alkanes) is 3. The molecule has 2 rings (SSSR count). The highest BCUT2D eigenvalue weighted by molar-refractivity contribution is 6.39. The maximum atomic E-state index is 12.1. The normalized spacial score (nSPS) is 16.2. The molecule has 0 aromatic heterocycles. The van der Waals surface area contributed by atoms with Crippen molar-refractivity contribution in [3.63, 3.8) is 0 Å². The topological polar surface area (TPSA) is 77.0 Å². The van der Waals surface area contributed by atoms with Gasteiger partial charge >= 0.3 is 5.97 Å². The van der Waals surface area contributed by atoms with Gasteiger partial charge < -0.3 is 14.9 Å². The first-order chi connectivity index (χ1) is 11.7. The molecular formula is C18H24N2O4. The fraction of sp³-hybridized carbons (Fsp3) is 0.500. The van der Waals surface area contributed by atoms with Crippen molar-refractivity contribution >= 4 is 17.6 Å². The van der Waals surface area contributed by atoms with Crippen molar-refractivity contribution in [1.29, 1.82) is 0 Å². The molecule has 1 heterocycles. The van der Waals surface area contributed by atoms with E-state index in [1.54, 1.807) is 0 Å². The maximum Gasteiger partial charge on any atom is 0.305 e. The van der Waals surface area contributed by atoms with E-state index in [4.69, 9.17) is 4.84 Å². The number of carbonyl (C=O) groups is 2. The third-order valence-corrected chi connectivity index (χ3v) is 3.92. The molecule has 0 aliphatic carbocycles. The Hall–Kier alpha value is -2.37. The van der Waals surface area contributed by atoms with Crippen molar-refractivity contribution < 1.29 is 19.2 Å². The molecule has 0 saturated carbocycles. The van der Waals surface area contributed by atoms with E-state index in [0.29, 0.717) is 25.1 Å². The Bertz CT molecular complexity index is 572. The molecule has 0 unspecified atom stereocenters. The van der Waals surface area contributed by atoms with Gasteiger partial charge in [-0.05, 0) is 18.4 Å². The second-order valence-electron chi connectivity index (χ2n) is 5.74. The summed E-state index contributed by atoms with van der Waals surface area (Å²) in [6.45, 7) is 0.603. The van der Waals surface area contributed by atoms with Crippen LogP contribution in [0.3, 0.4) is 0 Å². The molecule has 6 nitrogen and oxygen atoms in total. The highest BCUT2D eigenvalue weighted by Crippen LogP contribution is 2.26. The van der Waals surface area contributed by atoms with Crippen LogP contribution in [0.4, 0.5) is 0 Å². The van der Waals surface area contributed by atoms with E-state index in [1.807, 2.05) is 30.3 Å². The van der Waals surface area contributed by atoms with E-state index in [9.17, 15) is 9.59 Å². The largest absolute Gasteiger partial charge is 0.469 e. The summed E-state index contributed by atoms with van der Waals surface area (Å²) in [6, 6.07) is 9.76. The van der Waals surface area contributed by atoms with Gasteiger partial charge in [0.2, 0.25) is 0 Å². The van der Waals surface area contributed by atoms with Gasteiger partial charge in [-0.3, -0.25) is 9.59 Å². The lowest BCUT2D eigenvalue weighted by molar-refractivity contribution is -0.140. The fourth-order valence-corrected chi connectivity index (χ4v) is 2.51. The number of nitrogens with one attached hydrogen (secondary N) is 1. The molecule has 24 heavy (non-hydrogen) atoms. The van der Waals surface area contributed by atoms with Crippen molar-refractivity contribution in [2.75, 3.05) is 13.7 Å². The predicted octanol–water partition coefficient (Wildman–Crippen LogP) is 2.74. The summed E-state index contributed by atoms with van der Waals surface area (Å²) in [5.74, 6) is -0.335. The van der Waals surface area contributed by atoms with Gasteiger partial charge in [0.1, 0.15) is 5.71 Å². The summed E-state index contributed by atoms with van der Waals surface area (Å²) in [6.07, 6.45) is 4.39. The van der Waals surface area contributed by atoms with Crippen LogP contribution in [-0.4, -0.2) is 31.2 Å². The molecule has 0 fully saturated rings. The third kappa shape index (κ3) is 5.68. The van der Waals surface area contributed by atoms with E-state index in [1.165, 1.54) is 7.11 Å². The molecule has 0 saturated heterocycles. The van der Waals surface area contributed by atoms with Crippen LogP contribution in [-0.2, 0) is 19.2 Å². The molecule has 0 radical (unpaired) electrons. The van der Waals surface area contributed by atoms with Crippen LogP contribution in [0.2, 0.25) is 0 Å². The lowest BCUT2D eigenvalue weighted by Crippen LogP contribution is -2.31. The molecule has 1 atom stereocenters. The zero-order valence-electron chi connectivity index (χ0n) is 14.0. The van der Waals surface area contributed by atoms with Gasteiger partial charge in [0.15, 0.2) is 6.10 Å². The third-order valence-electron chi connectivity index (χ3n) is 3.92. The standard InChI is InChI=1S/C18H24N2O4/c1-23-17(21)11-7-2-3-8-12-19-18(22)15-13-16(24-20-15)14-9-5-4-6-10-14/h4-6,9-10,16H,2-3,7-8,11-13H2,1H3,(H,19,22)/t16-/m1/s1. The number of oxime groups is 1. The van der Waals surface area contributed by atoms with Gasteiger partial charge in [0, 0.05) is 19.4 Å². The minimum atomic E-state index is -0.176. The van der Waals surface area contributed by atoms with Crippen molar-refractivity contribution in [3.8, 4) is 0 Å². The fourth-order valence-electron chi connectivity index (χ4n) is 2.51. The number of hydrogen-bond acceptors (Lipinski definition) is 5. The lowest BCUT2D eigenvalue weighted by atomic mass is 10.0. The second kappa shape index (κ2) is 9.70. The molecule has 1 aliphatic rings. The second-order valence-corrected chi connectivity index (χ2v) is 5.74. The van der Waals surface area contributed by atoms with Crippen molar-refractivity contribution in [2.24, 2.45) is 5.16 Å². The van der Waals surface area contributed by atoms with Crippen molar-refractivity contribution in [3.05, 3.63) is 35.9 Å². The number of nitrogens with zero attached hydrogens (tertiary/aromatic N) is 1. The lowest BCUT2D eigenvalue weighted by Gasteiger charge is -2.07. The Kier molecular flexibility index (Phi) is 7.26. The molecule has 1 aromatic carbocycles. The Morgan fingerprint density at radius 2 is 1.96 bits per heavy atom. The molecular weight excluding hydrogens is 308 g/mol. The van der Waals surface area contributed by atoms with Crippen LogP contribution in [0.5, 0.6) is 0 Å².